The number of nitrogens with zero attached hydrogens (tertiary/aromatic N) is 3. The van der Waals surface area contributed by atoms with Gasteiger partial charge in [-0.3, -0.25) is 24.1 Å². The Morgan fingerprint density at radius 2 is 1.17 bits per heavy atom. The fourth-order valence-corrected chi connectivity index (χ4v) is 10.4. The van der Waals surface area contributed by atoms with Gasteiger partial charge in [0.25, 0.3) is 0 Å². The maximum Gasteiger partial charge on any atom is 0.414 e. The van der Waals surface area contributed by atoms with Gasteiger partial charge in [0, 0.05) is 54.5 Å². The molecule has 0 spiro atoms. The fraction of sp³-hybridized carbons (Fsp3) is 0.521. The molecule has 0 bridgehead atoms. The summed E-state index contributed by atoms with van der Waals surface area (Å²) in [7, 11) is 2.72. The van der Waals surface area contributed by atoms with Crippen LogP contribution < -0.4 is 10.2 Å². The fourth-order valence-electron chi connectivity index (χ4n) is 10.4. The summed E-state index contributed by atoms with van der Waals surface area (Å²) < 4.78 is 15.2. The summed E-state index contributed by atoms with van der Waals surface area (Å²) in [5.41, 5.74) is 5.17. The number of anilines is 2. The number of para-hydroxylation sites is 2. The van der Waals surface area contributed by atoms with Crippen LogP contribution in [0.2, 0.25) is 0 Å². The van der Waals surface area contributed by atoms with Gasteiger partial charge in [-0.05, 0) is 80.2 Å². The number of methoxy groups -OCH3 is 2. The zero-order valence-electron chi connectivity index (χ0n) is 34.8. The van der Waals surface area contributed by atoms with Gasteiger partial charge in [0.1, 0.15) is 6.61 Å². The Hall–Kier alpha value is -5.39. The molecule has 2 heterocycles. The van der Waals surface area contributed by atoms with Crippen LogP contribution in [0.1, 0.15) is 119 Å². The molecule has 0 radical (unpaired) electrons. The lowest BCUT2D eigenvalue weighted by molar-refractivity contribution is -0.145. The largest absolute Gasteiger partial charge is 0.469 e. The molecule has 2 aliphatic heterocycles. The molecule has 6 unspecified atom stereocenters. The monoisotopic (exact) mass is 818 g/mol. The zero-order chi connectivity index (χ0) is 41.8. The summed E-state index contributed by atoms with van der Waals surface area (Å²) in [6.45, 7) is 0.222. The Kier molecular flexibility index (Phi) is 12.7. The second-order valence-corrected chi connectivity index (χ2v) is 17.2. The maximum absolute atomic E-state index is 13.4. The highest BCUT2D eigenvalue weighted by atomic mass is 16.6. The summed E-state index contributed by atoms with van der Waals surface area (Å²) in [5, 5.41) is 3.69. The first-order valence-electron chi connectivity index (χ1n) is 22.0. The van der Waals surface area contributed by atoms with E-state index in [1.165, 1.54) is 38.3 Å². The van der Waals surface area contributed by atoms with Gasteiger partial charge in [-0.1, -0.05) is 79.6 Å². The van der Waals surface area contributed by atoms with Crippen molar-refractivity contribution in [3.63, 3.8) is 0 Å². The van der Waals surface area contributed by atoms with Gasteiger partial charge in [-0.15, -0.1) is 0 Å². The molecule has 4 aliphatic carbocycles. The van der Waals surface area contributed by atoms with Crippen LogP contribution in [0.15, 0.2) is 78.9 Å². The van der Waals surface area contributed by atoms with Crippen LogP contribution in [0, 0.1) is 11.8 Å². The van der Waals surface area contributed by atoms with Crippen molar-refractivity contribution in [1.82, 2.24) is 9.80 Å². The second kappa shape index (κ2) is 18.5. The van der Waals surface area contributed by atoms with E-state index < -0.39 is 0 Å². The van der Waals surface area contributed by atoms with E-state index in [4.69, 9.17) is 14.2 Å². The molecule has 12 nitrogen and oxygen atoms in total. The molecule has 4 fully saturated rings. The average molecular weight is 819 g/mol. The number of esters is 2. The number of carbonyl (C=O) groups is 5. The molecule has 0 saturated heterocycles. The third-order valence-corrected chi connectivity index (χ3v) is 13.4. The SMILES string of the molecule is COC(=O)CCC(=O)N(C1CC1)C1c2ccccc2N(C(=O)OCc2ccccc2)C2CCCC21.COC(=O)CCC(=O)N(C1CC1)C1c2ccccc2NC2CCCC21. The van der Waals surface area contributed by atoms with Gasteiger partial charge in [-0.2, -0.15) is 0 Å². The van der Waals surface area contributed by atoms with E-state index >= 15 is 0 Å². The van der Waals surface area contributed by atoms with Crippen molar-refractivity contribution in [2.45, 2.75) is 133 Å². The lowest BCUT2D eigenvalue weighted by atomic mass is 9.81. The highest BCUT2D eigenvalue weighted by molar-refractivity contribution is 5.91. The van der Waals surface area contributed by atoms with Crippen LogP contribution in [0.4, 0.5) is 16.2 Å². The normalized spacial score (nSPS) is 24.5. The number of hydrogen-bond acceptors (Lipinski definition) is 9. The molecular weight excluding hydrogens is 761 g/mol. The van der Waals surface area contributed by atoms with Gasteiger partial charge < -0.3 is 29.3 Å². The first-order valence-corrected chi connectivity index (χ1v) is 22.0. The summed E-state index contributed by atoms with van der Waals surface area (Å²) in [4.78, 5) is 69.0. The van der Waals surface area contributed by atoms with Crippen molar-refractivity contribution in [2.24, 2.45) is 11.8 Å². The van der Waals surface area contributed by atoms with Crippen molar-refractivity contribution in [1.29, 1.82) is 0 Å². The molecule has 3 amide bonds. The first kappa shape index (κ1) is 41.3. The Morgan fingerprint density at radius 3 is 1.80 bits per heavy atom. The van der Waals surface area contributed by atoms with Crippen LogP contribution >= 0.6 is 0 Å². The first-order chi connectivity index (χ1) is 29.3. The van der Waals surface area contributed by atoms with Crippen molar-refractivity contribution in [3.8, 4) is 0 Å². The number of amides is 3. The van der Waals surface area contributed by atoms with Crippen LogP contribution in [0.5, 0.6) is 0 Å². The van der Waals surface area contributed by atoms with E-state index in [2.05, 4.69) is 34.5 Å². The number of hydrogen-bond donors (Lipinski definition) is 1. The predicted molar refractivity (Wildman–Crippen MR) is 226 cm³/mol. The highest BCUT2D eigenvalue weighted by Crippen LogP contribution is 2.53. The molecule has 0 aromatic heterocycles. The summed E-state index contributed by atoms with van der Waals surface area (Å²) >= 11 is 0. The van der Waals surface area contributed by atoms with Crippen molar-refractivity contribution >= 4 is 41.2 Å². The highest BCUT2D eigenvalue weighted by Gasteiger charge is 2.52. The maximum atomic E-state index is 13.4. The summed E-state index contributed by atoms with van der Waals surface area (Å²) in [6, 6.07) is 27.0. The smallest absolute Gasteiger partial charge is 0.414 e. The molecule has 12 heteroatoms. The second-order valence-electron chi connectivity index (χ2n) is 17.2. The van der Waals surface area contributed by atoms with Gasteiger partial charge >= 0.3 is 18.0 Å². The van der Waals surface area contributed by atoms with E-state index in [0.29, 0.717) is 18.0 Å². The van der Waals surface area contributed by atoms with E-state index in [0.717, 1.165) is 68.2 Å². The standard InChI is InChI=1S/C28H32N2O5.C20H26N2O3/c1-34-26(32)17-16-25(31)29(20-14-15-20)27-21-10-5-6-12-23(21)30(24-13-7-11-22(24)27)28(33)35-18-19-8-3-2-4-9-19;1-25-19(24)12-11-18(23)22(13-9-10-13)20-14-5-2-3-7-16(14)21-17-8-4-6-15(17)20/h2-6,8-10,12,20,22,24,27H,7,11,13-18H2,1H3;2-3,5,7,13,15,17,20-21H,4,6,8-12H2,1H3. The molecule has 318 valence electrons. The van der Waals surface area contributed by atoms with E-state index in [1.807, 2.05) is 64.4 Å². The van der Waals surface area contributed by atoms with Crippen molar-refractivity contribution in [3.05, 3.63) is 95.6 Å². The Balaban J connectivity index is 0.000000176. The number of carbonyl (C=O) groups excluding carboxylic acids is 5. The van der Waals surface area contributed by atoms with Crippen LogP contribution in [0.25, 0.3) is 0 Å². The lowest BCUT2D eigenvalue weighted by Gasteiger charge is -2.47. The van der Waals surface area contributed by atoms with Crippen molar-refractivity contribution < 1.29 is 38.2 Å². The average Bonchev–Trinajstić information content (AvgIpc) is 4.21. The van der Waals surface area contributed by atoms with Gasteiger partial charge in [0.05, 0.1) is 44.8 Å². The Morgan fingerprint density at radius 1 is 0.617 bits per heavy atom. The van der Waals surface area contributed by atoms with E-state index in [9.17, 15) is 24.0 Å². The molecular formula is C48H58N4O8. The van der Waals surface area contributed by atoms with Crippen LogP contribution in [-0.2, 0) is 40.0 Å². The third-order valence-electron chi connectivity index (χ3n) is 13.4. The van der Waals surface area contributed by atoms with Gasteiger partial charge in [0.15, 0.2) is 0 Å². The molecule has 4 saturated carbocycles. The molecule has 60 heavy (non-hydrogen) atoms. The quantitative estimate of drug-likeness (QED) is 0.142. The molecule has 6 atom stereocenters. The summed E-state index contributed by atoms with van der Waals surface area (Å²) in [6.07, 6.45) is 10.8. The van der Waals surface area contributed by atoms with E-state index in [1.54, 1.807) is 0 Å². The zero-order valence-corrected chi connectivity index (χ0v) is 34.8. The Bertz CT molecular complexity index is 2030. The minimum absolute atomic E-state index is 0.0107. The molecule has 9 rings (SSSR count). The van der Waals surface area contributed by atoms with Gasteiger partial charge in [-0.25, -0.2) is 4.79 Å². The topological polar surface area (TPSA) is 135 Å². The predicted octanol–water partition coefficient (Wildman–Crippen LogP) is 8.26. The minimum Gasteiger partial charge on any atom is -0.469 e. The number of benzene rings is 3. The van der Waals surface area contributed by atoms with Crippen LogP contribution in [-0.4, -0.2) is 78.0 Å². The number of nitrogens with one attached hydrogen (secondary N) is 1. The number of rotatable bonds is 12. The van der Waals surface area contributed by atoms with E-state index in [-0.39, 0.29) is 92.2 Å². The third kappa shape index (κ3) is 8.88. The molecule has 3 aromatic carbocycles. The summed E-state index contributed by atoms with van der Waals surface area (Å²) in [5.74, 6) is 0.0101. The number of ether oxygens (including phenoxy) is 3. The van der Waals surface area contributed by atoms with Gasteiger partial charge in [0.2, 0.25) is 11.8 Å². The minimum atomic E-state index is -0.371. The number of fused-ring (bicyclic) bond motifs is 4. The lowest BCUT2D eigenvalue weighted by Crippen LogP contribution is -2.53. The molecule has 3 aromatic rings. The van der Waals surface area contributed by atoms with Crippen LogP contribution in [0.3, 0.4) is 0 Å². The molecule has 6 aliphatic rings. The van der Waals surface area contributed by atoms with Crippen molar-refractivity contribution in [2.75, 3.05) is 24.4 Å². The Labute approximate surface area is 352 Å². The molecule has 1 N–H and O–H groups in total.